The Hall–Kier alpha value is -2.21. The number of hydrogen-bond acceptors (Lipinski definition) is 4. The number of amides is 2. The van der Waals surface area contributed by atoms with Crippen LogP contribution in [-0.4, -0.2) is 34.8 Å². The zero-order valence-corrected chi connectivity index (χ0v) is 15.7. The van der Waals surface area contributed by atoms with Gasteiger partial charge in [-0.3, -0.25) is 9.59 Å². The lowest BCUT2D eigenvalue weighted by molar-refractivity contribution is 0.0792. The molecule has 1 aromatic heterocycles. The number of thiazole rings is 1. The van der Waals surface area contributed by atoms with Crippen molar-refractivity contribution < 1.29 is 9.59 Å². The van der Waals surface area contributed by atoms with Crippen LogP contribution in [0.3, 0.4) is 0 Å². The summed E-state index contributed by atoms with van der Waals surface area (Å²) in [6.07, 6.45) is 2.15. The molecule has 0 atom stereocenters. The highest BCUT2D eigenvalue weighted by atomic mass is 32.1. The maximum Gasteiger partial charge on any atom is 0.275 e. The van der Waals surface area contributed by atoms with Gasteiger partial charge in [-0.15, -0.1) is 11.3 Å². The van der Waals surface area contributed by atoms with Crippen LogP contribution in [0.5, 0.6) is 0 Å². The van der Waals surface area contributed by atoms with E-state index in [0.29, 0.717) is 22.9 Å². The molecule has 3 rings (SSSR count). The molecule has 0 unspecified atom stereocenters. The molecule has 1 aromatic carbocycles. The molecule has 0 radical (unpaired) electrons. The Kier molecular flexibility index (Phi) is 5.18. The zero-order chi connectivity index (χ0) is 18.0. The van der Waals surface area contributed by atoms with E-state index in [-0.39, 0.29) is 11.8 Å². The van der Waals surface area contributed by atoms with Crippen molar-refractivity contribution in [2.24, 2.45) is 0 Å². The quantitative estimate of drug-likeness (QED) is 0.897. The summed E-state index contributed by atoms with van der Waals surface area (Å²) in [5, 5.41) is 5.63. The lowest BCUT2D eigenvalue weighted by Gasteiger charge is -2.16. The predicted octanol–water partition coefficient (Wildman–Crippen LogP) is 4.06. The number of nitrogens with one attached hydrogen (secondary N) is 1. The van der Waals surface area contributed by atoms with Crippen LogP contribution in [-0.2, 0) is 0 Å². The molecule has 1 saturated heterocycles. The Morgan fingerprint density at radius 3 is 2.56 bits per heavy atom. The van der Waals surface area contributed by atoms with Gasteiger partial charge < -0.3 is 10.2 Å². The second kappa shape index (κ2) is 7.35. The summed E-state index contributed by atoms with van der Waals surface area (Å²) in [6.45, 7) is 7.68. The maximum atomic E-state index is 12.5. The van der Waals surface area contributed by atoms with Gasteiger partial charge in [0.05, 0.1) is 5.01 Å². The number of nitrogens with zero attached hydrogens (tertiary/aromatic N) is 2. The highest BCUT2D eigenvalue weighted by molar-refractivity contribution is 7.09. The molecule has 0 bridgehead atoms. The summed E-state index contributed by atoms with van der Waals surface area (Å²) in [5.41, 5.74) is 2.69. The maximum absolute atomic E-state index is 12.5. The van der Waals surface area contributed by atoms with E-state index in [4.69, 9.17) is 0 Å². The van der Waals surface area contributed by atoms with Gasteiger partial charge in [-0.05, 0) is 43.5 Å². The minimum atomic E-state index is -0.218. The molecule has 1 fully saturated rings. The zero-order valence-electron chi connectivity index (χ0n) is 14.8. The molecule has 25 heavy (non-hydrogen) atoms. The molecule has 0 saturated carbocycles. The van der Waals surface area contributed by atoms with Gasteiger partial charge in [0.2, 0.25) is 0 Å². The van der Waals surface area contributed by atoms with Crippen LogP contribution >= 0.6 is 11.3 Å². The number of hydrogen-bond donors (Lipinski definition) is 1. The van der Waals surface area contributed by atoms with Crippen molar-refractivity contribution in [1.29, 1.82) is 0 Å². The second-order valence-corrected chi connectivity index (χ2v) is 7.60. The van der Waals surface area contributed by atoms with Crippen molar-refractivity contribution in [3.63, 3.8) is 0 Å². The van der Waals surface area contributed by atoms with Crippen LogP contribution in [0.4, 0.5) is 5.69 Å². The Morgan fingerprint density at radius 1 is 1.24 bits per heavy atom. The molecule has 1 aliphatic rings. The normalized spacial score (nSPS) is 14.2. The van der Waals surface area contributed by atoms with E-state index in [1.54, 1.807) is 17.5 Å². The average Bonchev–Trinajstić information content (AvgIpc) is 3.27. The number of carbonyl (C=O) groups is 2. The number of benzene rings is 1. The Bertz CT molecular complexity index is 792. The van der Waals surface area contributed by atoms with E-state index in [9.17, 15) is 9.59 Å². The van der Waals surface area contributed by atoms with Crippen LogP contribution in [0, 0.1) is 6.92 Å². The number of anilines is 1. The van der Waals surface area contributed by atoms with Crippen LogP contribution in [0.15, 0.2) is 23.6 Å². The van der Waals surface area contributed by atoms with Crippen LogP contribution in [0.25, 0.3) is 0 Å². The van der Waals surface area contributed by atoms with Gasteiger partial charge in [-0.2, -0.15) is 0 Å². The van der Waals surface area contributed by atoms with Gasteiger partial charge in [0.1, 0.15) is 5.69 Å². The minimum absolute atomic E-state index is 0.0690. The third-order valence-electron chi connectivity index (χ3n) is 4.36. The highest BCUT2D eigenvalue weighted by Gasteiger charge is 2.20. The number of aromatic nitrogens is 1. The van der Waals surface area contributed by atoms with Gasteiger partial charge in [-0.25, -0.2) is 4.98 Å². The summed E-state index contributed by atoms with van der Waals surface area (Å²) < 4.78 is 0. The SMILES string of the molecule is Cc1cc(C(=O)N2CCCC2)ccc1NC(=O)c1csc(C(C)C)n1. The van der Waals surface area contributed by atoms with Crippen molar-refractivity contribution in [2.75, 3.05) is 18.4 Å². The van der Waals surface area contributed by atoms with Crippen molar-refractivity contribution in [2.45, 2.75) is 39.5 Å². The topological polar surface area (TPSA) is 62.3 Å². The smallest absolute Gasteiger partial charge is 0.275 e. The van der Waals surface area contributed by atoms with E-state index in [2.05, 4.69) is 24.1 Å². The summed E-state index contributed by atoms with van der Waals surface area (Å²) in [6, 6.07) is 5.42. The molecule has 0 spiro atoms. The highest BCUT2D eigenvalue weighted by Crippen LogP contribution is 2.22. The van der Waals surface area contributed by atoms with Crippen LogP contribution in [0.2, 0.25) is 0 Å². The monoisotopic (exact) mass is 357 g/mol. The molecule has 2 amide bonds. The van der Waals surface area contributed by atoms with Gasteiger partial charge in [0.15, 0.2) is 0 Å². The van der Waals surface area contributed by atoms with E-state index < -0.39 is 0 Å². The summed E-state index contributed by atoms with van der Waals surface area (Å²) in [4.78, 5) is 31.1. The standard InChI is InChI=1S/C19H23N3O2S/c1-12(2)18-21-16(11-25-18)17(23)20-15-7-6-14(10-13(15)3)19(24)22-8-4-5-9-22/h6-7,10-12H,4-5,8-9H2,1-3H3,(H,20,23). The number of carbonyl (C=O) groups excluding carboxylic acids is 2. The molecule has 0 aliphatic carbocycles. The van der Waals surface area contributed by atoms with Crippen molar-refractivity contribution in [3.05, 3.63) is 45.4 Å². The van der Waals surface area contributed by atoms with Crippen molar-refractivity contribution in [3.8, 4) is 0 Å². The molecule has 1 N–H and O–H groups in total. The van der Waals surface area contributed by atoms with E-state index in [1.807, 2.05) is 17.9 Å². The lowest BCUT2D eigenvalue weighted by atomic mass is 10.1. The Balaban J connectivity index is 1.72. The van der Waals surface area contributed by atoms with Crippen LogP contribution in [0.1, 0.15) is 64.0 Å². The van der Waals surface area contributed by atoms with Crippen molar-refractivity contribution in [1.82, 2.24) is 9.88 Å². The van der Waals surface area contributed by atoms with Gasteiger partial charge >= 0.3 is 0 Å². The fourth-order valence-corrected chi connectivity index (χ4v) is 3.70. The molecule has 1 aliphatic heterocycles. The fourth-order valence-electron chi connectivity index (χ4n) is 2.88. The Morgan fingerprint density at radius 2 is 1.96 bits per heavy atom. The number of rotatable bonds is 4. The third-order valence-corrected chi connectivity index (χ3v) is 5.51. The molecular weight excluding hydrogens is 334 g/mol. The average molecular weight is 357 g/mol. The number of aryl methyl sites for hydroxylation is 1. The molecule has 2 aromatic rings. The Labute approximate surface area is 152 Å². The largest absolute Gasteiger partial charge is 0.339 e. The second-order valence-electron chi connectivity index (χ2n) is 6.71. The predicted molar refractivity (Wildman–Crippen MR) is 100 cm³/mol. The third kappa shape index (κ3) is 3.90. The van der Waals surface area contributed by atoms with E-state index >= 15 is 0 Å². The molecule has 5 nitrogen and oxygen atoms in total. The first-order chi connectivity index (χ1) is 12.0. The lowest BCUT2D eigenvalue weighted by Crippen LogP contribution is -2.27. The first-order valence-electron chi connectivity index (χ1n) is 8.62. The molecule has 2 heterocycles. The first kappa shape index (κ1) is 17.6. The van der Waals surface area contributed by atoms with E-state index in [0.717, 1.165) is 36.5 Å². The van der Waals surface area contributed by atoms with E-state index in [1.165, 1.54) is 11.3 Å². The minimum Gasteiger partial charge on any atom is -0.339 e. The molecule has 132 valence electrons. The van der Waals surface area contributed by atoms with Gasteiger partial charge in [-0.1, -0.05) is 13.8 Å². The molecule has 6 heteroatoms. The summed E-state index contributed by atoms with van der Waals surface area (Å²) in [7, 11) is 0. The number of likely N-dealkylation sites (tertiary alicyclic amines) is 1. The summed E-state index contributed by atoms with van der Waals surface area (Å²) >= 11 is 1.50. The fraction of sp³-hybridized carbons (Fsp3) is 0.421. The molecular formula is C19H23N3O2S. The van der Waals surface area contributed by atoms with Gasteiger partial charge in [0, 0.05) is 35.6 Å². The van der Waals surface area contributed by atoms with Crippen LogP contribution < -0.4 is 5.32 Å². The first-order valence-corrected chi connectivity index (χ1v) is 9.50. The van der Waals surface area contributed by atoms with Crippen molar-refractivity contribution >= 4 is 28.8 Å². The summed E-state index contributed by atoms with van der Waals surface area (Å²) in [5.74, 6) is 0.161. The van der Waals surface area contributed by atoms with Gasteiger partial charge in [0.25, 0.3) is 11.8 Å².